The molecule has 3 N–H and O–H groups in total. The van der Waals surface area contributed by atoms with Gasteiger partial charge in [-0.05, 0) is 48.4 Å². The Morgan fingerprint density at radius 1 is 1.09 bits per heavy atom. The zero-order valence-electron chi connectivity index (χ0n) is 12.6. The number of amides is 1. The van der Waals surface area contributed by atoms with Gasteiger partial charge in [-0.2, -0.15) is 0 Å². The summed E-state index contributed by atoms with van der Waals surface area (Å²) in [6.07, 6.45) is 0.145. The summed E-state index contributed by atoms with van der Waals surface area (Å²) in [4.78, 5) is 12.3. The highest BCUT2D eigenvalue weighted by atomic mass is 19.1. The summed E-state index contributed by atoms with van der Waals surface area (Å²) < 4.78 is 12.9. The summed E-state index contributed by atoms with van der Waals surface area (Å²) in [5.74, 6) is -0.466. The molecule has 0 unspecified atom stereocenters. The normalized spacial score (nSPS) is 21.0. The fourth-order valence-corrected chi connectivity index (χ4v) is 2.72. The molecule has 1 fully saturated rings. The molecular formula is C18H19FN2O2. The van der Waals surface area contributed by atoms with Gasteiger partial charge in [0.2, 0.25) is 0 Å². The summed E-state index contributed by atoms with van der Waals surface area (Å²) in [7, 11) is 0. The first kappa shape index (κ1) is 15.6. The monoisotopic (exact) mass is 314 g/mol. The van der Waals surface area contributed by atoms with Crippen LogP contribution < -0.4 is 10.6 Å². The molecule has 1 aliphatic rings. The van der Waals surface area contributed by atoms with Crippen molar-refractivity contribution in [3.05, 3.63) is 59.9 Å². The highest BCUT2D eigenvalue weighted by Gasteiger charge is 2.24. The highest BCUT2D eigenvalue weighted by Crippen LogP contribution is 2.20. The third kappa shape index (κ3) is 3.75. The number of β-amino-alcohol motifs (C(OH)–C–C–N with tert-alkyl or cyclic N) is 1. The largest absolute Gasteiger partial charge is 0.390 e. The smallest absolute Gasteiger partial charge is 0.251 e. The van der Waals surface area contributed by atoms with Gasteiger partial charge in [-0.3, -0.25) is 4.79 Å². The second-order valence-corrected chi connectivity index (χ2v) is 5.72. The van der Waals surface area contributed by atoms with Crippen molar-refractivity contribution >= 4 is 5.91 Å². The van der Waals surface area contributed by atoms with Gasteiger partial charge in [0.25, 0.3) is 5.91 Å². The van der Waals surface area contributed by atoms with E-state index in [4.69, 9.17) is 0 Å². The Hall–Kier alpha value is -2.24. The van der Waals surface area contributed by atoms with E-state index in [1.807, 2.05) is 12.1 Å². The molecule has 0 aliphatic carbocycles. The molecule has 2 atom stereocenters. The number of halogens is 1. The SMILES string of the molecule is O=C(N[C@@H]1CCNC[C@H]1O)c1ccc(-c2ccc(F)cc2)cc1. The molecule has 1 amide bonds. The third-order valence-electron chi connectivity index (χ3n) is 4.09. The molecule has 5 heteroatoms. The number of piperidine rings is 1. The molecule has 1 saturated heterocycles. The molecule has 1 heterocycles. The zero-order valence-corrected chi connectivity index (χ0v) is 12.6. The first-order chi connectivity index (χ1) is 11.1. The Bertz CT molecular complexity index is 670. The Kier molecular flexibility index (Phi) is 4.69. The van der Waals surface area contributed by atoms with Crippen LogP contribution in [-0.2, 0) is 0 Å². The number of nitrogens with one attached hydrogen (secondary N) is 2. The maximum absolute atomic E-state index is 12.9. The van der Waals surface area contributed by atoms with Crippen LogP contribution in [0.15, 0.2) is 48.5 Å². The van der Waals surface area contributed by atoms with E-state index >= 15 is 0 Å². The molecule has 3 rings (SSSR count). The zero-order chi connectivity index (χ0) is 16.2. The number of aliphatic hydroxyl groups excluding tert-OH is 1. The van der Waals surface area contributed by atoms with Crippen LogP contribution in [0.25, 0.3) is 11.1 Å². The third-order valence-corrected chi connectivity index (χ3v) is 4.09. The average molecular weight is 314 g/mol. The summed E-state index contributed by atoms with van der Waals surface area (Å²) >= 11 is 0. The van der Waals surface area contributed by atoms with Crippen molar-refractivity contribution in [1.29, 1.82) is 0 Å². The van der Waals surface area contributed by atoms with Crippen molar-refractivity contribution in [1.82, 2.24) is 10.6 Å². The molecule has 2 aromatic rings. The van der Waals surface area contributed by atoms with E-state index in [0.717, 1.165) is 17.7 Å². The molecule has 0 aromatic heterocycles. The minimum Gasteiger partial charge on any atom is -0.390 e. The molecule has 4 nitrogen and oxygen atoms in total. The fraction of sp³-hybridized carbons (Fsp3) is 0.278. The predicted molar refractivity (Wildman–Crippen MR) is 86.6 cm³/mol. The Morgan fingerprint density at radius 2 is 1.70 bits per heavy atom. The highest BCUT2D eigenvalue weighted by molar-refractivity contribution is 5.94. The molecule has 120 valence electrons. The first-order valence-electron chi connectivity index (χ1n) is 7.69. The number of carbonyl (C=O) groups excluding carboxylic acids is 1. The molecule has 0 radical (unpaired) electrons. The van der Waals surface area contributed by atoms with Gasteiger partial charge in [0.05, 0.1) is 12.1 Å². The van der Waals surface area contributed by atoms with Crippen LogP contribution in [0.1, 0.15) is 16.8 Å². The van der Waals surface area contributed by atoms with E-state index in [0.29, 0.717) is 18.5 Å². The number of hydrogen-bond acceptors (Lipinski definition) is 3. The maximum atomic E-state index is 12.9. The molecular weight excluding hydrogens is 295 g/mol. The van der Waals surface area contributed by atoms with Crippen molar-refractivity contribution in [2.24, 2.45) is 0 Å². The average Bonchev–Trinajstić information content (AvgIpc) is 2.58. The van der Waals surface area contributed by atoms with Crippen molar-refractivity contribution in [2.45, 2.75) is 18.6 Å². The molecule has 2 aromatic carbocycles. The molecule has 0 saturated carbocycles. The van der Waals surface area contributed by atoms with Crippen LogP contribution in [0.3, 0.4) is 0 Å². The van der Waals surface area contributed by atoms with Crippen LogP contribution in [0, 0.1) is 5.82 Å². The number of hydrogen-bond donors (Lipinski definition) is 3. The van der Waals surface area contributed by atoms with Crippen molar-refractivity contribution in [3.8, 4) is 11.1 Å². The van der Waals surface area contributed by atoms with Gasteiger partial charge in [0.1, 0.15) is 5.82 Å². The van der Waals surface area contributed by atoms with E-state index in [1.165, 1.54) is 12.1 Å². The molecule has 23 heavy (non-hydrogen) atoms. The topological polar surface area (TPSA) is 61.4 Å². The molecule has 0 spiro atoms. The standard InChI is InChI=1S/C18H19FN2O2/c19-15-7-5-13(6-8-15)12-1-3-14(4-2-12)18(23)21-16-9-10-20-11-17(16)22/h1-8,16-17,20,22H,9-11H2,(H,21,23)/t16-,17-/m1/s1. The molecule has 1 aliphatic heterocycles. The summed E-state index contributed by atoms with van der Waals surface area (Å²) in [5, 5.41) is 15.8. The fourth-order valence-electron chi connectivity index (χ4n) is 2.72. The summed E-state index contributed by atoms with van der Waals surface area (Å²) in [6.45, 7) is 1.28. The number of aliphatic hydroxyl groups is 1. The van der Waals surface area contributed by atoms with E-state index in [1.54, 1.807) is 24.3 Å². The van der Waals surface area contributed by atoms with Crippen LogP contribution in [-0.4, -0.2) is 36.2 Å². The van der Waals surface area contributed by atoms with Gasteiger partial charge >= 0.3 is 0 Å². The number of rotatable bonds is 3. The van der Waals surface area contributed by atoms with Gasteiger partial charge < -0.3 is 15.7 Å². The number of benzene rings is 2. The van der Waals surface area contributed by atoms with E-state index in [-0.39, 0.29) is 17.8 Å². The lowest BCUT2D eigenvalue weighted by Crippen LogP contribution is -2.52. The summed E-state index contributed by atoms with van der Waals surface area (Å²) in [5.41, 5.74) is 2.36. The van der Waals surface area contributed by atoms with Crippen molar-refractivity contribution < 1.29 is 14.3 Å². The van der Waals surface area contributed by atoms with Gasteiger partial charge in [-0.1, -0.05) is 24.3 Å². The second-order valence-electron chi connectivity index (χ2n) is 5.72. The van der Waals surface area contributed by atoms with Crippen LogP contribution in [0.4, 0.5) is 4.39 Å². The number of carbonyl (C=O) groups is 1. The molecule has 0 bridgehead atoms. The maximum Gasteiger partial charge on any atom is 0.251 e. The second kappa shape index (κ2) is 6.89. The Labute approximate surface area is 134 Å². The lowest BCUT2D eigenvalue weighted by atomic mass is 10.0. The Balaban J connectivity index is 1.69. The minimum absolute atomic E-state index is 0.193. The van der Waals surface area contributed by atoms with Crippen molar-refractivity contribution in [3.63, 3.8) is 0 Å². The van der Waals surface area contributed by atoms with Gasteiger partial charge in [0.15, 0.2) is 0 Å². The van der Waals surface area contributed by atoms with Crippen LogP contribution in [0.2, 0.25) is 0 Å². The van der Waals surface area contributed by atoms with Gasteiger partial charge in [-0.25, -0.2) is 4.39 Å². The van der Waals surface area contributed by atoms with Gasteiger partial charge in [-0.15, -0.1) is 0 Å². The Morgan fingerprint density at radius 3 is 2.30 bits per heavy atom. The van der Waals surface area contributed by atoms with Crippen LogP contribution >= 0.6 is 0 Å². The van der Waals surface area contributed by atoms with E-state index in [2.05, 4.69) is 10.6 Å². The summed E-state index contributed by atoms with van der Waals surface area (Å²) in [6, 6.07) is 13.2. The lowest BCUT2D eigenvalue weighted by Gasteiger charge is -2.29. The van der Waals surface area contributed by atoms with Gasteiger partial charge in [0, 0.05) is 12.1 Å². The first-order valence-corrected chi connectivity index (χ1v) is 7.69. The van der Waals surface area contributed by atoms with Crippen molar-refractivity contribution in [2.75, 3.05) is 13.1 Å². The quantitative estimate of drug-likeness (QED) is 0.811. The lowest BCUT2D eigenvalue weighted by molar-refractivity contribution is 0.0765. The van der Waals surface area contributed by atoms with E-state index in [9.17, 15) is 14.3 Å². The predicted octanol–water partition coefficient (Wildman–Crippen LogP) is 1.95. The van der Waals surface area contributed by atoms with Crippen LogP contribution in [0.5, 0.6) is 0 Å². The minimum atomic E-state index is -0.564. The van der Waals surface area contributed by atoms with E-state index < -0.39 is 6.10 Å².